The maximum Gasteiger partial charge on any atom is 0.225 e. The minimum Gasteiger partial charge on any atom is -0.326 e. The summed E-state index contributed by atoms with van der Waals surface area (Å²) in [6, 6.07) is 6.09. The first-order chi connectivity index (χ1) is 9.04. The van der Waals surface area contributed by atoms with E-state index in [0.717, 1.165) is 35.4 Å². The summed E-state index contributed by atoms with van der Waals surface area (Å²) in [5.41, 5.74) is 1.98. The number of aryl methyl sites for hydroxylation is 1. The second-order valence-electron chi connectivity index (χ2n) is 5.13. The standard InChI is InChI=1S/C14H20BrN3O/c1-10-7-11(3-4-13(10)15)17-14(19)8-12-9-18(2)6-5-16-12/h3-4,7,12,16H,5-6,8-9H2,1-2H3,(H,17,19). The lowest BCUT2D eigenvalue weighted by Gasteiger charge is -2.30. The van der Waals surface area contributed by atoms with E-state index in [-0.39, 0.29) is 11.9 Å². The van der Waals surface area contributed by atoms with Crippen LogP contribution < -0.4 is 10.6 Å². The quantitative estimate of drug-likeness (QED) is 0.893. The molecule has 0 spiro atoms. The van der Waals surface area contributed by atoms with Crippen molar-refractivity contribution in [2.45, 2.75) is 19.4 Å². The van der Waals surface area contributed by atoms with Gasteiger partial charge in [0.2, 0.25) is 5.91 Å². The molecule has 1 amide bonds. The Labute approximate surface area is 122 Å². The highest BCUT2D eigenvalue weighted by Gasteiger charge is 2.19. The fraction of sp³-hybridized carbons (Fsp3) is 0.500. The number of piperazine rings is 1. The summed E-state index contributed by atoms with van der Waals surface area (Å²) in [5.74, 6) is 0.0644. The average Bonchev–Trinajstić information content (AvgIpc) is 2.34. The maximum atomic E-state index is 12.0. The van der Waals surface area contributed by atoms with Crippen molar-refractivity contribution >= 4 is 27.5 Å². The van der Waals surface area contributed by atoms with Gasteiger partial charge in [-0.2, -0.15) is 0 Å². The first-order valence-electron chi connectivity index (χ1n) is 6.52. The molecule has 0 aromatic heterocycles. The van der Waals surface area contributed by atoms with Crippen molar-refractivity contribution in [1.82, 2.24) is 10.2 Å². The average molecular weight is 326 g/mol. The van der Waals surface area contributed by atoms with Gasteiger partial charge in [0.1, 0.15) is 0 Å². The Kier molecular flexibility index (Phi) is 4.96. The van der Waals surface area contributed by atoms with E-state index in [1.54, 1.807) is 0 Å². The van der Waals surface area contributed by atoms with Gasteiger partial charge < -0.3 is 15.5 Å². The molecule has 104 valence electrons. The molecular formula is C14H20BrN3O. The van der Waals surface area contributed by atoms with Crippen molar-refractivity contribution in [2.24, 2.45) is 0 Å². The van der Waals surface area contributed by atoms with Crippen LogP contribution in [0, 0.1) is 6.92 Å². The van der Waals surface area contributed by atoms with Gasteiger partial charge in [-0.3, -0.25) is 4.79 Å². The molecule has 4 nitrogen and oxygen atoms in total. The zero-order chi connectivity index (χ0) is 13.8. The third-order valence-corrected chi connectivity index (χ3v) is 4.22. The van der Waals surface area contributed by atoms with E-state index >= 15 is 0 Å². The van der Waals surface area contributed by atoms with Crippen molar-refractivity contribution < 1.29 is 4.79 Å². The lowest BCUT2D eigenvalue weighted by Crippen LogP contribution is -2.50. The summed E-state index contributed by atoms with van der Waals surface area (Å²) in [5, 5.41) is 6.33. The van der Waals surface area contributed by atoms with Crippen molar-refractivity contribution in [3.8, 4) is 0 Å². The number of carbonyl (C=O) groups is 1. The van der Waals surface area contributed by atoms with Crippen LogP contribution in [0.25, 0.3) is 0 Å². The number of rotatable bonds is 3. The fourth-order valence-corrected chi connectivity index (χ4v) is 2.53. The molecular weight excluding hydrogens is 306 g/mol. The molecule has 0 radical (unpaired) electrons. The van der Waals surface area contributed by atoms with Crippen LogP contribution in [0.4, 0.5) is 5.69 Å². The van der Waals surface area contributed by atoms with Crippen LogP contribution >= 0.6 is 15.9 Å². The van der Waals surface area contributed by atoms with Gasteiger partial charge in [0.05, 0.1) is 0 Å². The van der Waals surface area contributed by atoms with E-state index in [9.17, 15) is 4.79 Å². The van der Waals surface area contributed by atoms with Gasteiger partial charge in [-0.15, -0.1) is 0 Å². The number of nitrogens with zero attached hydrogens (tertiary/aromatic N) is 1. The minimum atomic E-state index is 0.0644. The number of hydrogen-bond donors (Lipinski definition) is 2. The molecule has 1 aliphatic heterocycles. The van der Waals surface area contributed by atoms with Crippen molar-refractivity contribution in [3.05, 3.63) is 28.2 Å². The SMILES string of the molecule is Cc1cc(NC(=O)CC2CN(C)CCN2)ccc1Br. The highest BCUT2D eigenvalue weighted by Crippen LogP contribution is 2.20. The molecule has 5 heteroatoms. The summed E-state index contributed by atoms with van der Waals surface area (Å²) in [6.07, 6.45) is 0.513. The Hall–Kier alpha value is -0.910. The molecule has 0 bridgehead atoms. The van der Waals surface area contributed by atoms with Gasteiger partial charge in [0, 0.05) is 42.3 Å². The van der Waals surface area contributed by atoms with Gasteiger partial charge in [0.15, 0.2) is 0 Å². The minimum absolute atomic E-state index is 0.0644. The molecule has 19 heavy (non-hydrogen) atoms. The van der Waals surface area contributed by atoms with Gasteiger partial charge in [-0.25, -0.2) is 0 Å². The largest absolute Gasteiger partial charge is 0.326 e. The lowest BCUT2D eigenvalue weighted by atomic mass is 10.1. The van der Waals surface area contributed by atoms with Crippen LogP contribution in [-0.4, -0.2) is 43.5 Å². The van der Waals surface area contributed by atoms with Crippen LogP contribution in [0.2, 0.25) is 0 Å². The summed E-state index contributed by atoms with van der Waals surface area (Å²) in [6.45, 7) is 4.93. The molecule has 1 atom stereocenters. The first kappa shape index (κ1) is 14.5. The third kappa shape index (κ3) is 4.30. The highest BCUT2D eigenvalue weighted by atomic mass is 79.9. The summed E-state index contributed by atoms with van der Waals surface area (Å²) in [7, 11) is 2.09. The Balaban J connectivity index is 1.88. The summed E-state index contributed by atoms with van der Waals surface area (Å²) < 4.78 is 1.06. The van der Waals surface area contributed by atoms with Gasteiger partial charge in [-0.1, -0.05) is 15.9 Å². The number of hydrogen-bond acceptors (Lipinski definition) is 3. The van der Waals surface area contributed by atoms with E-state index < -0.39 is 0 Å². The number of benzene rings is 1. The molecule has 1 fully saturated rings. The first-order valence-corrected chi connectivity index (χ1v) is 7.32. The van der Waals surface area contributed by atoms with Crippen molar-refractivity contribution in [2.75, 3.05) is 32.0 Å². The van der Waals surface area contributed by atoms with Crippen LogP contribution in [-0.2, 0) is 4.79 Å². The zero-order valence-corrected chi connectivity index (χ0v) is 13.0. The smallest absolute Gasteiger partial charge is 0.225 e. The number of likely N-dealkylation sites (N-methyl/N-ethyl adjacent to an activating group) is 1. The molecule has 0 aliphatic carbocycles. The summed E-state index contributed by atoms with van der Waals surface area (Å²) >= 11 is 3.45. The molecule has 0 saturated carbocycles. The molecule has 2 N–H and O–H groups in total. The van der Waals surface area contributed by atoms with E-state index in [4.69, 9.17) is 0 Å². The predicted octanol–water partition coefficient (Wildman–Crippen LogP) is 1.99. The Morgan fingerprint density at radius 2 is 2.37 bits per heavy atom. The van der Waals surface area contributed by atoms with Crippen LogP contribution in [0.15, 0.2) is 22.7 Å². The second-order valence-corrected chi connectivity index (χ2v) is 5.98. The number of carbonyl (C=O) groups excluding carboxylic acids is 1. The van der Waals surface area contributed by atoms with Gasteiger partial charge in [0.25, 0.3) is 0 Å². The van der Waals surface area contributed by atoms with Gasteiger partial charge in [-0.05, 0) is 37.7 Å². The number of anilines is 1. The Morgan fingerprint density at radius 3 is 3.05 bits per heavy atom. The van der Waals surface area contributed by atoms with E-state index in [1.807, 2.05) is 25.1 Å². The maximum absolute atomic E-state index is 12.0. The zero-order valence-electron chi connectivity index (χ0n) is 11.4. The molecule has 1 aliphatic rings. The van der Waals surface area contributed by atoms with E-state index in [2.05, 4.69) is 38.5 Å². The lowest BCUT2D eigenvalue weighted by molar-refractivity contribution is -0.116. The highest BCUT2D eigenvalue weighted by molar-refractivity contribution is 9.10. The predicted molar refractivity (Wildman–Crippen MR) is 81.4 cm³/mol. The monoisotopic (exact) mass is 325 g/mol. The van der Waals surface area contributed by atoms with Crippen LogP contribution in [0.5, 0.6) is 0 Å². The Morgan fingerprint density at radius 1 is 1.58 bits per heavy atom. The van der Waals surface area contributed by atoms with Crippen molar-refractivity contribution in [1.29, 1.82) is 0 Å². The molecule has 1 unspecified atom stereocenters. The molecule has 1 aromatic carbocycles. The summed E-state index contributed by atoms with van der Waals surface area (Å²) in [4.78, 5) is 14.3. The van der Waals surface area contributed by atoms with Crippen LogP contribution in [0.1, 0.15) is 12.0 Å². The Bertz CT molecular complexity index is 464. The fourth-order valence-electron chi connectivity index (χ4n) is 2.29. The third-order valence-electron chi connectivity index (χ3n) is 3.33. The molecule has 1 saturated heterocycles. The second kappa shape index (κ2) is 6.50. The molecule has 1 aromatic rings. The number of nitrogens with one attached hydrogen (secondary N) is 2. The number of halogens is 1. The molecule has 2 rings (SSSR count). The van der Waals surface area contributed by atoms with E-state index in [0.29, 0.717) is 6.42 Å². The normalized spacial score (nSPS) is 20.3. The van der Waals surface area contributed by atoms with E-state index in [1.165, 1.54) is 0 Å². The van der Waals surface area contributed by atoms with Crippen molar-refractivity contribution in [3.63, 3.8) is 0 Å². The van der Waals surface area contributed by atoms with Gasteiger partial charge >= 0.3 is 0 Å². The number of amides is 1. The van der Waals surface area contributed by atoms with Crippen LogP contribution in [0.3, 0.4) is 0 Å². The molecule has 1 heterocycles. The topological polar surface area (TPSA) is 44.4 Å².